The molecule has 1 aliphatic heterocycles. The fraction of sp³-hybridized carbons (Fsp3) is 0.357. The van der Waals surface area contributed by atoms with Gasteiger partial charge < -0.3 is 9.47 Å². The molecule has 3 rings (SSSR count). The van der Waals surface area contributed by atoms with Crippen molar-refractivity contribution < 1.29 is 4.79 Å². The highest BCUT2D eigenvalue weighted by Gasteiger charge is 2.25. The summed E-state index contributed by atoms with van der Waals surface area (Å²) in [5.41, 5.74) is 1.13. The first kappa shape index (κ1) is 11.7. The molecule has 1 saturated heterocycles. The zero-order valence-electron chi connectivity index (χ0n) is 10.4. The molecule has 1 aromatic carbocycles. The summed E-state index contributed by atoms with van der Waals surface area (Å²) in [6.07, 6.45) is 2.00. The molecule has 1 atom stereocenters. The first-order valence-electron chi connectivity index (χ1n) is 6.20. The lowest BCUT2D eigenvalue weighted by atomic mass is 10.2. The molecular weight excluding hydrogens is 244 g/mol. The second-order valence-corrected chi connectivity index (χ2v) is 5.98. The molecule has 1 aromatic heterocycles. The summed E-state index contributed by atoms with van der Waals surface area (Å²) in [4.78, 5) is 14.2. The minimum Gasteiger partial charge on any atom is -0.338 e. The van der Waals surface area contributed by atoms with Crippen LogP contribution in [0.15, 0.2) is 36.5 Å². The number of amides is 1. The monoisotopic (exact) mass is 260 g/mol. The van der Waals surface area contributed by atoms with Gasteiger partial charge in [0.15, 0.2) is 0 Å². The van der Waals surface area contributed by atoms with Crippen molar-refractivity contribution in [2.75, 3.05) is 12.3 Å². The van der Waals surface area contributed by atoms with Crippen molar-refractivity contribution in [2.45, 2.75) is 18.8 Å². The number of para-hydroxylation sites is 1. The van der Waals surface area contributed by atoms with E-state index in [0.717, 1.165) is 17.8 Å². The summed E-state index contributed by atoms with van der Waals surface area (Å²) in [6.45, 7) is 3.42. The zero-order valence-corrected chi connectivity index (χ0v) is 11.2. The Bertz CT molecular complexity index is 578. The molecule has 1 unspecified atom stereocenters. The van der Waals surface area contributed by atoms with Gasteiger partial charge >= 0.3 is 0 Å². The summed E-state index contributed by atoms with van der Waals surface area (Å²) >= 11 is 1.85. The Kier molecular flexibility index (Phi) is 3.04. The van der Waals surface area contributed by atoms with E-state index < -0.39 is 0 Å². The average molecular weight is 260 g/mol. The van der Waals surface area contributed by atoms with Crippen molar-refractivity contribution in [3.05, 3.63) is 36.5 Å². The highest BCUT2D eigenvalue weighted by molar-refractivity contribution is 8.00. The van der Waals surface area contributed by atoms with E-state index in [-0.39, 0.29) is 5.91 Å². The molecule has 0 radical (unpaired) electrons. The van der Waals surface area contributed by atoms with Crippen LogP contribution in [-0.2, 0) is 11.3 Å². The van der Waals surface area contributed by atoms with Gasteiger partial charge in [-0.2, -0.15) is 0 Å². The van der Waals surface area contributed by atoms with Gasteiger partial charge in [-0.25, -0.2) is 0 Å². The Labute approximate surface area is 111 Å². The maximum atomic E-state index is 12.3. The number of rotatable bonds is 2. The lowest BCUT2D eigenvalue weighted by Crippen LogP contribution is -2.35. The molecule has 0 N–H and O–H groups in total. The van der Waals surface area contributed by atoms with Gasteiger partial charge in [0.05, 0.1) is 5.37 Å². The van der Waals surface area contributed by atoms with Crippen LogP contribution in [-0.4, -0.2) is 33.0 Å². The number of hydrogen-bond acceptors (Lipinski definition) is 2. The third kappa shape index (κ3) is 2.01. The van der Waals surface area contributed by atoms with E-state index in [1.165, 1.54) is 5.39 Å². The maximum absolute atomic E-state index is 12.3. The molecular formula is C14H16N2OS. The van der Waals surface area contributed by atoms with Crippen LogP contribution in [0.3, 0.4) is 0 Å². The van der Waals surface area contributed by atoms with E-state index in [4.69, 9.17) is 0 Å². The van der Waals surface area contributed by atoms with Crippen LogP contribution in [0.4, 0.5) is 0 Å². The van der Waals surface area contributed by atoms with Gasteiger partial charge in [-0.3, -0.25) is 4.79 Å². The van der Waals surface area contributed by atoms with Crippen LogP contribution in [0.2, 0.25) is 0 Å². The quantitative estimate of drug-likeness (QED) is 0.829. The van der Waals surface area contributed by atoms with Gasteiger partial charge in [0.25, 0.3) is 0 Å². The van der Waals surface area contributed by atoms with Crippen LogP contribution in [0.25, 0.3) is 10.9 Å². The summed E-state index contributed by atoms with van der Waals surface area (Å²) < 4.78 is 2.04. The van der Waals surface area contributed by atoms with Gasteiger partial charge in [-0.05, 0) is 24.4 Å². The Balaban J connectivity index is 1.82. The number of aromatic nitrogens is 1. The van der Waals surface area contributed by atoms with Crippen LogP contribution in [0.1, 0.15) is 6.92 Å². The van der Waals surface area contributed by atoms with Crippen molar-refractivity contribution in [1.82, 2.24) is 9.47 Å². The number of hydrogen-bond donors (Lipinski definition) is 0. The van der Waals surface area contributed by atoms with E-state index >= 15 is 0 Å². The Morgan fingerprint density at radius 2 is 2.22 bits per heavy atom. The second-order valence-electron chi connectivity index (χ2n) is 4.56. The second kappa shape index (κ2) is 4.69. The molecule has 2 aromatic rings. The van der Waals surface area contributed by atoms with Gasteiger partial charge in [0, 0.05) is 24.0 Å². The summed E-state index contributed by atoms with van der Waals surface area (Å²) in [6, 6.07) is 10.2. The van der Waals surface area contributed by atoms with Crippen molar-refractivity contribution in [3.8, 4) is 0 Å². The smallest absolute Gasteiger partial charge is 0.243 e. The predicted octanol–water partition coefficient (Wildman–Crippen LogP) is 2.56. The Hall–Kier alpha value is -1.42. The normalized spacial score (nSPS) is 19.6. The number of nitrogens with zero attached hydrogens (tertiary/aromatic N) is 2. The highest BCUT2D eigenvalue weighted by Crippen LogP contribution is 2.23. The molecule has 1 fully saturated rings. The van der Waals surface area contributed by atoms with Crippen LogP contribution < -0.4 is 0 Å². The number of thioether (sulfide) groups is 1. The molecule has 0 spiro atoms. The van der Waals surface area contributed by atoms with E-state index in [0.29, 0.717) is 11.9 Å². The molecule has 3 nitrogen and oxygen atoms in total. The van der Waals surface area contributed by atoms with Crippen molar-refractivity contribution in [1.29, 1.82) is 0 Å². The SMILES string of the molecule is CC1SCCN1C(=O)Cn1ccc2ccccc21. The molecule has 1 amide bonds. The molecule has 4 heteroatoms. The first-order chi connectivity index (χ1) is 8.75. The molecule has 94 valence electrons. The van der Waals surface area contributed by atoms with Crippen molar-refractivity contribution in [3.63, 3.8) is 0 Å². The third-order valence-corrected chi connectivity index (χ3v) is 4.59. The zero-order chi connectivity index (χ0) is 12.5. The van der Waals surface area contributed by atoms with Gasteiger partial charge in [0.2, 0.25) is 5.91 Å². The van der Waals surface area contributed by atoms with E-state index in [1.54, 1.807) is 0 Å². The van der Waals surface area contributed by atoms with E-state index in [2.05, 4.69) is 25.1 Å². The van der Waals surface area contributed by atoms with Gasteiger partial charge in [-0.15, -0.1) is 11.8 Å². The lowest BCUT2D eigenvalue weighted by molar-refractivity contribution is -0.131. The fourth-order valence-electron chi connectivity index (χ4n) is 2.44. The number of carbonyl (C=O) groups excluding carboxylic acids is 1. The fourth-order valence-corrected chi connectivity index (χ4v) is 3.48. The minimum absolute atomic E-state index is 0.217. The first-order valence-corrected chi connectivity index (χ1v) is 7.25. The lowest BCUT2D eigenvalue weighted by Gasteiger charge is -2.20. The third-order valence-electron chi connectivity index (χ3n) is 3.44. The maximum Gasteiger partial charge on any atom is 0.243 e. The topological polar surface area (TPSA) is 25.2 Å². The number of carbonyl (C=O) groups is 1. The standard InChI is InChI=1S/C14H16N2OS/c1-11-16(8-9-18-11)14(17)10-15-7-6-12-4-2-3-5-13(12)15/h2-7,11H,8-10H2,1H3. The molecule has 2 heterocycles. The molecule has 18 heavy (non-hydrogen) atoms. The van der Waals surface area contributed by atoms with Crippen LogP contribution in [0, 0.1) is 0 Å². The summed E-state index contributed by atoms with van der Waals surface area (Å²) in [5.74, 6) is 1.27. The molecule has 1 aliphatic rings. The number of fused-ring (bicyclic) bond motifs is 1. The van der Waals surface area contributed by atoms with Crippen LogP contribution in [0.5, 0.6) is 0 Å². The van der Waals surface area contributed by atoms with Gasteiger partial charge in [0.1, 0.15) is 6.54 Å². The largest absolute Gasteiger partial charge is 0.338 e. The minimum atomic E-state index is 0.217. The summed E-state index contributed by atoms with van der Waals surface area (Å²) in [7, 11) is 0. The summed E-state index contributed by atoms with van der Waals surface area (Å²) in [5, 5.41) is 1.51. The Morgan fingerprint density at radius 1 is 1.39 bits per heavy atom. The van der Waals surface area contributed by atoms with Crippen LogP contribution >= 0.6 is 11.8 Å². The molecule has 0 bridgehead atoms. The molecule has 0 aliphatic carbocycles. The van der Waals surface area contributed by atoms with E-state index in [9.17, 15) is 4.79 Å². The van der Waals surface area contributed by atoms with E-state index in [1.807, 2.05) is 39.6 Å². The van der Waals surface area contributed by atoms with Crippen molar-refractivity contribution >= 4 is 28.6 Å². The molecule has 0 saturated carbocycles. The highest BCUT2D eigenvalue weighted by atomic mass is 32.2. The van der Waals surface area contributed by atoms with Gasteiger partial charge in [-0.1, -0.05) is 18.2 Å². The predicted molar refractivity (Wildman–Crippen MR) is 75.6 cm³/mol. The van der Waals surface area contributed by atoms with Crippen molar-refractivity contribution in [2.24, 2.45) is 0 Å². The number of benzene rings is 1. The Morgan fingerprint density at radius 3 is 3.00 bits per heavy atom. The average Bonchev–Trinajstić information content (AvgIpc) is 2.97.